The smallest absolute Gasteiger partial charge is 0.349 e. The van der Waals surface area contributed by atoms with Crippen molar-refractivity contribution >= 4 is 38.5 Å². The zero-order valence-corrected chi connectivity index (χ0v) is 15.0. The van der Waals surface area contributed by atoms with Crippen molar-refractivity contribution in [2.45, 2.75) is 0 Å². The molecule has 3 rings (SSSR count). The summed E-state index contributed by atoms with van der Waals surface area (Å²) in [4.78, 5) is 24.6. The molecule has 0 aliphatic rings. The number of methoxy groups -OCH3 is 2. The molecule has 0 unspecified atom stereocenters. The number of halogens is 1. The van der Waals surface area contributed by atoms with E-state index in [1.165, 1.54) is 13.2 Å². The van der Waals surface area contributed by atoms with Crippen molar-refractivity contribution < 1.29 is 18.7 Å². The zero-order valence-electron chi connectivity index (χ0n) is 13.5. The summed E-state index contributed by atoms with van der Waals surface area (Å²) in [5.74, 6) is 0.517. The van der Waals surface area contributed by atoms with Crippen LogP contribution in [0.4, 0.5) is 5.69 Å². The normalized spacial score (nSPS) is 10.5. The fourth-order valence-corrected chi connectivity index (χ4v) is 2.80. The number of nitrogens with one attached hydrogen (secondary N) is 1. The number of amides is 1. The molecule has 2 aromatic carbocycles. The highest BCUT2D eigenvalue weighted by Crippen LogP contribution is 2.29. The highest BCUT2D eigenvalue weighted by Gasteiger charge is 2.16. The van der Waals surface area contributed by atoms with E-state index in [1.807, 2.05) is 0 Å². The lowest BCUT2D eigenvalue weighted by Gasteiger charge is -2.08. The summed E-state index contributed by atoms with van der Waals surface area (Å²) in [6, 6.07) is 11.7. The first-order valence-corrected chi connectivity index (χ1v) is 8.08. The van der Waals surface area contributed by atoms with Crippen molar-refractivity contribution in [3.63, 3.8) is 0 Å². The van der Waals surface area contributed by atoms with Gasteiger partial charge in [-0.1, -0.05) is 15.9 Å². The average molecular weight is 404 g/mol. The van der Waals surface area contributed by atoms with E-state index in [2.05, 4.69) is 21.2 Å². The van der Waals surface area contributed by atoms with Gasteiger partial charge < -0.3 is 19.2 Å². The van der Waals surface area contributed by atoms with E-state index in [0.717, 1.165) is 4.47 Å². The van der Waals surface area contributed by atoms with Crippen LogP contribution in [0.5, 0.6) is 11.5 Å². The molecule has 0 radical (unpaired) electrons. The first-order chi connectivity index (χ1) is 12.0. The Hall–Kier alpha value is -2.80. The number of hydrogen-bond donors (Lipinski definition) is 1. The van der Waals surface area contributed by atoms with E-state index < -0.39 is 11.5 Å². The topological polar surface area (TPSA) is 77.8 Å². The second kappa shape index (κ2) is 6.98. The molecule has 6 nitrogen and oxygen atoms in total. The molecule has 0 atom stereocenters. The van der Waals surface area contributed by atoms with Gasteiger partial charge in [-0.2, -0.15) is 0 Å². The highest BCUT2D eigenvalue weighted by molar-refractivity contribution is 9.10. The Bertz CT molecular complexity index is 995. The van der Waals surface area contributed by atoms with E-state index in [9.17, 15) is 9.59 Å². The number of fused-ring (bicyclic) bond motifs is 1. The number of benzene rings is 2. The maximum Gasteiger partial charge on any atom is 0.349 e. The molecule has 1 amide bonds. The van der Waals surface area contributed by atoms with E-state index in [4.69, 9.17) is 13.9 Å². The SMILES string of the molecule is COc1ccc(NC(=O)c2cc3cc(Br)cc(OC)c3oc2=O)cc1. The lowest BCUT2D eigenvalue weighted by molar-refractivity contribution is 0.102. The standard InChI is InChI=1S/C18H14BrNO5/c1-23-13-5-3-12(4-6-13)20-17(21)14-8-10-7-11(19)9-15(24-2)16(10)25-18(14)22/h3-9H,1-2H3,(H,20,21). The van der Waals surface area contributed by atoms with Crippen molar-refractivity contribution in [3.8, 4) is 11.5 Å². The minimum Gasteiger partial charge on any atom is -0.497 e. The molecule has 0 spiro atoms. The molecule has 0 bridgehead atoms. The van der Waals surface area contributed by atoms with Gasteiger partial charge in [-0.25, -0.2) is 4.79 Å². The fraction of sp³-hybridized carbons (Fsp3) is 0.111. The molecule has 0 fully saturated rings. The van der Waals surface area contributed by atoms with Crippen LogP contribution in [0.2, 0.25) is 0 Å². The van der Waals surface area contributed by atoms with Gasteiger partial charge >= 0.3 is 5.63 Å². The number of carbonyl (C=O) groups is 1. The molecule has 0 aliphatic carbocycles. The molecule has 25 heavy (non-hydrogen) atoms. The maximum atomic E-state index is 12.4. The van der Waals surface area contributed by atoms with Gasteiger partial charge in [0.05, 0.1) is 14.2 Å². The highest BCUT2D eigenvalue weighted by atomic mass is 79.9. The number of carbonyl (C=O) groups excluding carboxylic acids is 1. The first kappa shape index (κ1) is 17.0. The Morgan fingerprint density at radius 1 is 1.08 bits per heavy atom. The summed E-state index contributed by atoms with van der Waals surface area (Å²) >= 11 is 3.36. The van der Waals surface area contributed by atoms with E-state index in [-0.39, 0.29) is 11.1 Å². The van der Waals surface area contributed by atoms with Crippen molar-refractivity contribution in [2.75, 3.05) is 19.5 Å². The third-order valence-corrected chi connectivity index (χ3v) is 4.03. The molecular weight excluding hydrogens is 390 g/mol. The third-order valence-electron chi connectivity index (χ3n) is 3.58. The number of hydrogen-bond acceptors (Lipinski definition) is 5. The summed E-state index contributed by atoms with van der Waals surface area (Å²) in [6.07, 6.45) is 0. The molecule has 1 aromatic heterocycles. The molecule has 1 heterocycles. The second-order valence-corrected chi connectivity index (χ2v) is 6.07. The van der Waals surface area contributed by atoms with Gasteiger partial charge in [0.25, 0.3) is 5.91 Å². The summed E-state index contributed by atoms with van der Waals surface area (Å²) in [5, 5.41) is 3.24. The van der Waals surface area contributed by atoms with Crippen LogP contribution in [-0.2, 0) is 0 Å². The summed E-state index contributed by atoms with van der Waals surface area (Å²) in [5.41, 5.74) is -0.00331. The van der Waals surface area contributed by atoms with Crippen LogP contribution in [0, 0.1) is 0 Å². The molecule has 0 saturated carbocycles. The van der Waals surface area contributed by atoms with Gasteiger partial charge in [0.15, 0.2) is 11.3 Å². The van der Waals surface area contributed by atoms with Gasteiger partial charge in [0, 0.05) is 15.5 Å². The van der Waals surface area contributed by atoms with E-state index in [1.54, 1.807) is 43.5 Å². The van der Waals surface area contributed by atoms with E-state index in [0.29, 0.717) is 22.6 Å². The molecular formula is C18H14BrNO5. The van der Waals surface area contributed by atoms with Crippen molar-refractivity contribution in [1.29, 1.82) is 0 Å². The first-order valence-electron chi connectivity index (χ1n) is 7.28. The van der Waals surface area contributed by atoms with Crippen molar-refractivity contribution in [1.82, 2.24) is 0 Å². The molecule has 0 aliphatic heterocycles. The number of ether oxygens (including phenoxy) is 2. The summed E-state index contributed by atoms with van der Waals surface area (Å²) in [7, 11) is 3.03. The monoisotopic (exact) mass is 403 g/mol. The molecule has 3 aromatic rings. The zero-order chi connectivity index (χ0) is 18.0. The third kappa shape index (κ3) is 3.51. The second-order valence-electron chi connectivity index (χ2n) is 5.16. The summed E-state index contributed by atoms with van der Waals surface area (Å²) in [6.45, 7) is 0. The quantitative estimate of drug-likeness (QED) is 0.669. The molecule has 1 N–H and O–H groups in total. The Morgan fingerprint density at radius 3 is 2.44 bits per heavy atom. The van der Waals surface area contributed by atoms with Crippen LogP contribution < -0.4 is 20.4 Å². The molecule has 128 valence electrons. The van der Waals surface area contributed by atoms with Gasteiger partial charge in [-0.05, 0) is 42.5 Å². The maximum absolute atomic E-state index is 12.4. The minimum absolute atomic E-state index is 0.0940. The Morgan fingerprint density at radius 2 is 1.80 bits per heavy atom. The van der Waals surface area contributed by atoms with Crippen LogP contribution in [0.1, 0.15) is 10.4 Å². The van der Waals surface area contributed by atoms with Crippen LogP contribution in [-0.4, -0.2) is 20.1 Å². The van der Waals surface area contributed by atoms with E-state index >= 15 is 0 Å². The predicted octanol–water partition coefficient (Wildman–Crippen LogP) is 3.83. The van der Waals surface area contributed by atoms with Gasteiger partial charge in [0.2, 0.25) is 0 Å². The van der Waals surface area contributed by atoms with Crippen LogP contribution >= 0.6 is 15.9 Å². The Labute approximate surface area is 151 Å². The van der Waals surface area contributed by atoms with Crippen molar-refractivity contribution in [2.24, 2.45) is 0 Å². The number of rotatable bonds is 4. The Kier molecular flexibility index (Phi) is 4.76. The van der Waals surface area contributed by atoms with Gasteiger partial charge in [-0.3, -0.25) is 4.79 Å². The van der Waals surface area contributed by atoms with Crippen LogP contribution in [0.3, 0.4) is 0 Å². The lowest BCUT2D eigenvalue weighted by atomic mass is 10.1. The largest absolute Gasteiger partial charge is 0.497 e. The van der Waals surface area contributed by atoms with Gasteiger partial charge in [-0.15, -0.1) is 0 Å². The average Bonchev–Trinajstić information content (AvgIpc) is 2.61. The Balaban J connectivity index is 1.98. The lowest BCUT2D eigenvalue weighted by Crippen LogP contribution is -2.20. The van der Waals surface area contributed by atoms with Crippen LogP contribution in [0.25, 0.3) is 11.0 Å². The number of anilines is 1. The molecule has 7 heteroatoms. The van der Waals surface area contributed by atoms with Crippen molar-refractivity contribution in [3.05, 3.63) is 62.9 Å². The summed E-state index contributed by atoms with van der Waals surface area (Å²) < 4.78 is 16.3. The van der Waals surface area contributed by atoms with Gasteiger partial charge in [0.1, 0.15) is 11.3 Å². The predicted molar refractivity (Wildman–Crippen MR) is 97.7 cm³/mol. The molecule has 0 saturated heterocycles. The minimum atomic E-state index is -0.737. The van der Waals surface area contributed by atoms with Crippen LogP contribution in [0.15, 0.2) is 56.1 Å². The fourth-order valence-electron chi connectivity index (χ4n) is 2.35.